The Hall–Kier alpha value is -4.12. The molecule has 11 nitrogen and oxygen atoms in total. The Morgan fingerprint density at radius 2 is 1.54 bits per heavy atom. The van der Waals surface area contributed by atoms with Gasteiger partial charge in [-0.2, -0.15) is 0 Å². The molecule has 0 radical (unpaired) electrons. The summed E-state index contributed by atoms with van der Waals surface area (Å²) in [5.74, 6) is -1.38. The number of rotatable bonds is 16. The van der Waals surface area contributed by atoms with Crippen molar-refractivity contribution in [3.05, 3.63) is 71.8 Å². The molecule has 3 atom stereocenters. The van der Waals surface area contributed by atoms with Crippen LogP contribution in [0.25, 0.3) is 0 Å². The molecule has 0 bridgehead atoms. The molecule has 0 unspecified atom stereocenters. The lowest BCUT2D eigenvalue weighted by molar-refractivity contribution is -0.128. The molecule has 0 spiro atoms. The lowest BCUT2D eigenvalue weighted by atomic mass is 9.99. The number of alkyl carbamates (subject to hydrolysis) is 1. The van der Waals surface area contributed by atoms with Crippen molar-refractivity contribution in [3.8, 4) is 0 Å². The summed E-state index contributed by atoms with van der Waals surface area (Å²) in [4.78, 5) is 51.9. The molecule has 0 aliphatic rings. The van der Waals surface area contributed by atoms with Gasteiger partial charge in [-0.3, -0.25) is 9.59 Å². The van der Waals surface area contributed by atoms with Crippen LogP contribution in [0.1, 0.15) is 44.7 Å². The minimum absolute atomic E-state index is 0.0291. The van der Waals surface area contributed by atoms with Gasteiger partial charge in [0.05, 0.1) is 25.1 Å². The van der Waals surface area contributed by atoms with Crippen LogP contribution in [0, 0.1) is 5.92 Å². The van der Waals surface area contributed by atoms with Crippen LogP contribution >= 0.6 is 0 Å². The molecule has 0 aromatic heterocycles. The van der Waals surface area contributed by atoms with Gasteiger partial charge >= 0.3 is 12.1 Å². The summed E-state index contributed by atoms with van der Waals surface area (Å²) in [6.07, 6.45) is -1.53. The van der Waals surface area contributed by atoms with Crippen LogP contribution in [-0.4, -0.2) is 71.8 Å². The number of hydrogen-bond acceptors (Lipinski definition) is 6. The van der Waals surface area contributed by atoms with E-state index in [0.29, 0.717) is 13.1 Å². The fourth-order valence-corrected chi connectivity index (χ4v) is 4.13. The second-order valence-corrected chi connectivity index (χ2v) is 10.3. The Morgan fingerprint density at radius 3 is 2.10 bits per heavy atom. The van der Waals surface area contributed by atoms with Crippen LogP contribution in [0.4, 0.5) is 9.59 Å². The molecule has 5 amide bonds. The molecule has 11 heteroatoms. The number of aliphatic hydroxyl groups is 1. The topological polar surface area (TPSA) is 163 Å². The van der Waals surface area contributed by atoms with E-state index in [1.54, 1.807) is 24.3 Å². The average molecular weight is 570 g/mol. The second-order valence-electron chi connectivity index (χ2n) is 10.3. The molecule has 0 heterocycles. The van der Waals surface area contributed by atoms with Crippen molar-refractivity contribution in [2.45, 2.75) is 64.8 Å². The number of amides is 5. The normalized spacial score (nSPS) is 13.0. The Labute approximate surface area is 241 Å². The van der Waals surface area contributed by atoms with E-state index in [1.807, 2.05) is 57.2 Å². The minimum Gasteiger partial charge on any atom is -0.445 e. The Morgan fingerprint density at radius 1 is 0.927 bits per heavy atom. The molecular formula is C30H43N5O6. The van der Waals surface area contributed by atoms with Crippen molar-refractivity contribution in [1.29, 1.82) is 0 Å². The number of hydrogen-bond donors (Lipinski definition) is 5. The van der Waals surface area contributed by atoms with E-state index in [4.69, 9.17) is 10.5 Å². The van der Waals surface area contributed by atoms with Crippen molar-refractivity contribution in [2.75, 3.05) is 19.6 Å². The number of urea groups is 1. The van der Waals surface area contributed by atoms with Gasteiger partial charge in [-0.15, -0.1) is 0 Å². The zero-order chi connectivity index (χ0) is 30.2. The first-order chi connectivity index (χ1) is 19.6. The minimum atomic E-state index is -1.33. The fraction of sp³-hybridized carbons (Fsp3) is 0.467. The third kappa shape index (κ3) is 12.7. The molecule has 0 saturated carbocycles. The van der Waals surface area contributed by atoms with Gasteiger partial charge < -0.3 is 36.4 Å². The Kier molecular flexibility index (Phi) is 14.2. The largest absolute Gasteiger partial charge is 0.445 e. The number of aliphatic hydroxyl groups excluding tert-OH is 1. The van der Waals surface area contributed by atoms with Gasteiger partial charge in [0, 0.05) is 13.1 Å². The third-order valence-corrected chi connectivity index (χ3v) is 6.12. The summed E-state index contributed by atoms with van der Waals surface area (Å²) < 4.78 is 5.20. The van der Waals surface area contributed by atoms with Gasteiger partial charge in [-0.1, -0.05) is 81.4 Å². The number of nitrogens with one attached hydrogen (secondary N) is 3. The summed E-state index contributed by atoms with van der Waals surface area (Å²) in [6, 6.07) is 15.7. The van der Waals surface area contributed by atoms with Crippen LogP contribution in [-0.2, 0) is 27.4 Å². The summed E-state index contributed by atoms with van der Waals surface area (Å²) in [5, 5.41) is 19.3. The van der Waals surface area contributed by atoms with Crippen LogP contribution in [0.3, 0.4) is 0 Å². The van der Waals surface area contributed by atoms with Gasteiger partial charge in [0.15, 0.2) is 0 Å². The molecule has 224 valence electrons. The van der Waals surface area contributed by atoms with Gasteiger partial charge in [-0.05, 0) is 29.9 Å². The van der Waals surface area contributed by atoms with Crippen LogP contribution in [0.2, 0.25) is 0 Å². The molecule has 2 rings (SSSR count). The molecule has 0 aliphatic carbocycles. The number of carbonyl (C=O) groups excluding carboxylic acids is 4. The highest BCUT2D eigenvalue weighted by molar-refractivity contribution is 5.90. The fourth-order valence-electron chi connectivity index (χ4n) is 4.13. The summed E-state index contributed by atoms with van der Waals surface area (Å²) in [5.41, 5.74) is 6.95. The quantitative estimate of drug-likeness (QED) is 0.208. The number of ether oxygens (including phenoxy) is 1. The van der Waals surface area contributed by atoms with Crippen molar-refractivity contribution < 1.29 is 29.0 Å². The maximum Gasteiger partial charge on any atom is 0.408 e. The van der Waals surface area contributed by atoms with Gasteiger partial charge in [0.25, 0.3) is 0 Å². The molecule has 2 aromatic carbocycles. The average Bonchev–Trinajstić information content (AvgIpc) is 2.94. The maximum absolute atomic E-state index is 13.3. The zero-order valence-corrected chi connectivity index (χ0v) is 24.0. The Bertz CT molecular complexity index is 1100. The molecule has 0 aliphatic heterocycles. The summed E-state index contributed by atoms with van der Waals surface area (Å²) in [6.45, 7) is 6.70. The summed E-state index contributed by atoms with van der Waals surface area (Å²) in [7, 11) is 0. The van der Waals surface area contributed by atoms with Crippen molar-refractivity contribution in [2.24, 2.45) is 11.7 Å². The van der Waals surface area contributed by atoms with Gasteiger partial charge in [0.1, 0.15) is 12.6 Å². The van der Waals surface area contributed by atoms with Crippen LogP contribution in [0.5, 0.6) is 0 Å². The van der Waals surface area contributed by atoms with Crippen molar-refractivity contribution in [3.63, 3.8) is 0 Å². The molecule has 0 fully saturated rings. The van der Waals surface area contributed by atoms with E-state index in [2.05, 4.69) is 16.0 Å². The number of benzene rings is 2. The van der Waals surface area contributed by atoms with E-state index in [9.17, 15) is 24.3 Å². The molecule has 6 N–H and O–H groups in total. The van der Waals surface area contributed by atoms with Gasteiger partial charge in [-0.25, -0.2) is 9.59 Å². The van der Waals surface area contributed by atoms with E-state index in [-0.39, 0.29) is 31.5 Å². The van der Waals surface area contributed by atoms with E-state index in [0.717, 1.165) is 17.5 Å². The number of nitrogens with zero attached hydrogens (tertiary/aromatic N) is 1. The maximum atomic E-state index is 13.3. The highest BCUT2D eigenvalue weighted by Gasteiger charge is 2.30. The first-order valence-corrected chi connectivity index (χ1v) is 13.9. The smallest absolute Gasteiger partial charge is 0.408 e. The first-order valence-electron chi connectivity index (χ1n) is 13.9. The van der Waals surface area contributed by atoms with Crippen molar-refractivity contribution in [1.82, 2.24) is 20.9 Å². The Balaban J connectivity index is 2.18. The highest BCUT2D eigenvalue weighted by Crippen LogP contribution is 2.11. The highest BCUT2D eigenvalue weighted by atomic mass is 16.5. The monoisotopic (exact) mass is 569 g/mol. The van der Waals surface area contributed by atoms with E-state index in [1.165, 1.54) is 4.90 Å². The molecule has 2 aromatic rings. The van der Waals surface area contributed by atoms with Crippen LogP contribution < -0.4 is 21.7 Å². The van der Waals surface area contributed by atoms with E-state index >= 15 is 0 Å². The second kappa shape index (κ2) is 17.5. The zero-order valence-electron chi connectivity index (χ0n) is 24.0. The van der Waals surface area contributed by atoms with Gasteiger partial charge in [0.2, 0.25) is 11.8 Å². The van der Waals surface area contributed by atoms with E-state index < -0.39 is 42.5 Å². The lowest BCUT2D eigenvalue weighted by Crippen LogP contribution is -2.57. The van der Waals surface area contributed by atoms with Crippen LogP contribution in [0.15, 0.2) is 60.7 Å². The standard InChI is InChI=1S/C30H43N5O6/c1-4-15-32-29(39)35(18-21(2)3)19-26(36)24(16-22-11-7-5-8-12-22)33-28(38)25(17-27(31)37)34-30(40)41-20-23-13-9-6-10-14-23/h5-14,21,24-26,36H,4,15-20H2,1-3H3,(H2,31,37)(H,32,39)(H,33,38)(H,34,40)/t24-,25-,26-/m0/s1. The van der Waals surface area contributed by atoms with Crippen molar-refractivity contribution >= 4 is 23.9 Å². The molecule has 0 saturated heterocycles. The SMILES string of the molecule is CCCNC(=O)N(CC(C)C)C[C@H](O)[C@H](Cc1ccccc1)NC(=O)[C@H](CC(N)=O)NC(=O)OCc1ccccc1. The molecule has 41 heavy (non-hydrogen) atoms. The lowest BCUT2D eigenvalue weighted by Gasteiger charge is -2.32. The predicted octanol–water partition coefficient (Wildman–Crippen LogP) is 2.32. The third-order valence-electron chi connectivity index (χ3n) is 6.12. The first kappa shape index (κ1) is 33.1. The molecular weight excluding hydrogens is 526 g/mol. The number of primary amides is 1. The predicted molar refractivity (Wildman–Crippen MR) is 156 cm³/mol. The number of nitrogens with two attached hydrogens (primary N) is 1. The number of carbonyl (C=O) groups is 4. The summed E-state index contributed by atoms with van der Waals surface area (Å²) >= 11 is 0.